The van der Waals surface area contributed by atoms with Crippen LogP contribution in [0.25, 0.3) is 0 Å². The molecule has 0 fully saturated rings. The minimum absolute atomic E-state index is 0.134. The second kappa shape index (κ2) is 7.26. The molecule has 0 radical (unpaired) electrons. The molecule has 0 atom stereocenters. The summed E-state index contributed by atoms with van der Waals surface area (Å²) >= 11 is -3.68. The summed E-state index contributed by atoms with van der Waals surface area (Å²) in [6.45, 7) is 0. The molecular formula is C10H7F4IO4. The van der Waals surface area contributed by atoms with Gasteiger partial charge in [-0.25, -0.2) is 0 Å². The monoisotopic (exact) mass is 394 g/mol. The summed E-state index contributed by atoms with van der Waals surface area (Å²) < 4.78 is 57.0. The van der Waals surface area contributed by atoms with Gasteiger partial charge >= 0.3 is 113 Å². The van der Waals surface area contributed by atoms with Gasteiger partial charge in [0, 0.05) is 0 Å². The molecule has 0 aromatic heterocycles. The fourth-order valence-corrected chi connectivity index (χ4v) is 3.60. The van der Waals surface area contributed by atoms with Crippen LogP contribution in [0.15, 0.2) is 30.3 Å². The van der Waals surface area contributed by atoms with Crippen LogP contribution in [0.3, 0.4) is 0 Å². The van der Waals surface area contributed by atoms with E-state index >= 15 is 0 Å². The van der Waals surface area contributed by atoms with Crippen molar-refractivity contribution in [2.24, 2.45) is 0 Å². The summed E-state index contributed by atoms with van der Waals surface area (Å²) in [6, 6.07) is 7.17. The van der Waals surface area contributed by atoms with Crippen LogP contribution in [0, 0.1) is 3.57 Å². The van der Waals surface area contributed by atoms with Crippen molar-refractivity contribution in [2.75, 3.05) is 0 Å². The molecule has 106 valence electrons. The van der Waals surface area contributed by atoms with E-state index in [0.29, 0.717) is 0 Å². The number of halogens is 5. The van der Waals surface area contributed by atoms with Gasteiger partial charge in [-0.2, -0.15) is 0 Å². The number of rotatable bonds is 5. The van der Waals surface area contributed by atoms with Crippen LogP contribution in [0.1, 0.15) is 0 Å². The van der Waals surface area contributed by atoms with Gasteiger partial charge in [-0.1, -0.05) is 0 Å². The molecule has 19 heavy (non-hydrogen) atoms. The average molecular weight is 394 g/mol. The zero-order valence-electron chi connectivity index (χ0n) is 9.06. The molecule has 0 spiro atoms. The van der Waals surface area contributed by atoms with Gasteiger partial charge in [-0.3, -0.25) is 0 Å². The maximum atomic E-state index is 12.1. The van der Waals surface area contributed by atoms with E-state index in [1.807, 2.05) is 0 Å². The van der Waals surface area contributed by atoms with E-state index in [1.165, 1.54) is 24.3 Å². The van der Waals surface area contributed by atoms with Gasteiger partial charge in [0.2, 0.25) is 0 Å². The first-order valence-corrected chi connectivity index (χ1v) is 7.52. The summed E-state index contributed by atoms with van der Waals surface area (Å²) in [4.78, 5) is 21.5. The van der Waals surface area contributed by atoms with E-state index in [0.717, 1.165) is 0 Å². The van der Waals surface area contributed by atoms with Crippen molar-refractivity contribution in [1.29, 1.82) is 0 Å². The normalized spacial score (nSPS) is 11.4. The van der Waals surface area contributed by atoms with Crippen LogP contribution >= 0.6 is 20.6 Å². The first-order chi connectivity index (χ1) is 8.91. The molecule has 0 unspecified atom stereocenters. The number of carbonyl (C=O) groups is 2. The van der Waals surface area contributed by atoms with Crippen molar-refractivity contribution in [3.63, 3.8) is 0 Å². The summed E-state index contributed by atoms with van der Waals surface area (Å²) in [7, 11) is 0. The predicted molar refractivity (Wildman–Crippen MR) is 63.4 cm³/mol. The summed E-state index contributed by atoms with van der Waals surface area (Å²) in [5.41, 5.74) is 0. The van der Waals surface area contributed by atoms with E-state index in [-0.39, 0.29) is 3.57 Å². The van der Waals surface area contributed by atoms with Crippen molar-refractivity contribution < 1.29 is 33.3 Å². The standard InChI is InChI=1S/C10H7F4IO4/c11-7(12)9(16)18-15(19-10(17)8(13)14)6-4-2-1-3-5-6/h1-5,7-8H. The third-order valence-corrected chi connectivity index (χ3v) is 4.96. The van der Waals surface area contributed by atoms with E-state index in [4.69, 9.17) is 0 Å². The fourth-order valence-electron chi connectivity index (χ4n) is 0.828. The number of hydrogen-bond donors (Lipinski definition) is 0. The van der Waals surface area contributed by atoms with Gasteiger partial charge in [-0.15, -0.1) is 0 Å². The molecule has 0 saturated heterocycles. The Hall–Kier alpha value is -1.39. The summed E-state index contributed by atoms with van der Waals surface area (Å²) in [5, 5.41) is 0. The number of benzene rings is 1. The van der Waals surface area contributed by atoms with Crippen LogP contribution < -0.4 is 0 Å². The zero-order valence-corrected chi connectivity index (χ0v) is 11.2. The third kappa shape index (κ3) is 5.01. The molecule has 0 bridgehead atoms. The van der Waals surface area contributed by atoms with Crippen molar-refractivity contribution in [3.8, 4) is 0 Å². The number of carbonyl (C=O) groups excluding carboxylic acids is 2. The molecular weight excluding hydrogens is 387 g/mol. The van der Waals surface area contributed by atoms with Crippen LogP contribution in [-0.4, -0.2) is 24.8 Å². The van der Waals surface area contributed by atoms with Crippen molar-refractivity contribution in [2.45, 2.75) is 12.9 Å². The molecule has 4 nitrogen and oxygen atoms in total. The van der Waals surface area contributed by atoms with Crippen LogP contribution in [0.2, 0.25) is 0 Å². The van der Waals surface area contributed by atoms with Gasteiger partial charge < -0.3 is 0 Å². The third-order valence-electron chi connectivity index (χ3n) is 1.56. The molecule has 0 aliphatic rings. The molecule has 0 aliphatic carbocycles. The van der Waals surface area contributed by atoms with Crippen molar-refractivity contribution in [1.82, 2.24) is 0 Å². The second-order valence-corrected chi connectivity index (χ2v) is 6.27. The van der Waals surface area contributed by atoms with E-state index < -0.39 is 45.4 Å². The maximum absolute atomic E-state index is 12.1. The van der Waals surface area contributed by atoms with Crippen molar-refractivity contribution in [3.05, 3.63) is 33.9 Å². The minimum atomic E-state index is -3.68. The Morgan fingerprint density at radius 3 is 1.68 bits per heavy atom. The Morgan fingerprint density at radius 1 is 0.895 bits per heavy atom. The van der Waals surface area contributed by atoms with E-state index in [2.05, 4.69) is 6.13 Å². The Morgan fingerprint density at radius 2 is 1.32 bits per heavy atom. The molecule has 0 aliphatic heterocycles. The molecule has 0 heterocycles. The van der Waals surface area contributed by atoms with Gasteiger partial charge in [-0.05, 0) is 0 Å². The molecule has 0 saturated carbocycles. The quantitative estimate of drug-likeness (QED) is 0.570. The van der Waals surface area contributed by atoms with Crippen LogP contribution in [0.4, 0.5) is 17.6 Å². The Kier molecular flexibility index (Phi) is 5.99. The van der Waals surface area contributed by atoms with Gasteiger partial charge in [0.25, 0.3) is 0 Å². The van der Waals surface area contributed by atoms with Crippen molar-refractivity contribution >= 4 is 32.6 Å². The topological polar surface area (TPSA) is 52.6 Å². The van der Waals surface area contributed by atoms with Crippen LogP contribution in [-0.2, 0) is 15.7 Å². The first-order valence-electron chi connectivity index (χ1n) is 4.67. The zero-order chi connectivity index (χ0) is 14.4. The van der Waals surface area contributed by atoms with Gasteiger partial charge in [0.15, 0.2) is 0 Å². The van der Waals surface area contributed by atoms with Gasteiger partial charge in [0.05, 0.1) is 0 Å². The molecule has 1 aromatic carbocycles. The Labute approximate surface area is 113 Å². The number of hydrogen-bond acceptors (Lipinski definition) is 4. The van der Waals surface area contributed by atoms with Gasteiger partial charge in [0.1, 0.15) is 0 Å². The second-order valence-electron chi connectivity index (χ2n) is 2.91. The molecule has 1 aromatic rings. The molecule has 0 amide bonds. The predicted octanol–water partition coefficient (Wildman–Crippen LogP) is 2.81. The Balaban J connectivity index is 2.85. The summed E-state index contributed by atoms with van der Waals surface area (Å²) in [6.07, 6.45) is -6.84. The average Bonchev–Trinajstić information content (AvgIpc) is 2.38. The fraction of sp³-hybridized carbons (Fsp3) is 0.200. The van der Waals surface area contributed by atoms with E-state index in [9.17, 15) is 27.2 Å². The molecule has 0 N–H and O–H groups in total. The number of alkyl halides is 4. The SMILES string of the molecule is O=C(OI(OC(=O)C(F)F)c1ccccc1)C(F)F. The first kappa shape index (κ1) is 15.7. The van der Waals surface area contributed by atoms with Crippen LogP contribution in [0.5, 0.6) is 0 Å². The molecule has 1 rings (SSSR count). The van der Waals surface area contributed by atoms with E-state index in [1.54, 1.807) is 6.07 Å². The Bertz CT molecular complexity index is 418. The molecule has 9 heteroatoms. The summed E-state index contributed by atoms with van der Waals surface area (Å²) in [5.74, 6) is -3.81.